The van der Waals surface area contributed by atoms with E-state index in [2.05, 4.69) is 0 Å². The van der Waals surface area contributed by atoms with Crippen molar-refractivity contribution >= 4 is 0 Å². The number of alkyl halides is 3. The molecule has 0 aliphatic rings. The Balaban J connectivity index is 1.56. The second kappa shape index (κ2) is 9.78. The monoisotopic (exact) mass is 478 g/mol. The first-order valence-electron chi connectivity index (χ1n) is 11.3. The molecule has 0 aliphatic carbocycles. The highest BCUT2D eigenvalue weighted by Crippen LogP contribution is 2.39. The topological polar surface area (TPSA) is 44.0 Å². The molecular weight excluding hydrogens is 453 g/mol. The van der Waals surface area contributed by atoms with Crippen molar-refractivity contribution in [1.29, 1.82) is 0 Å². The van der Waals surface area contributed by atoms with Crippen LogP contribution in [0.25, 0.3) is 11.4 Å². The molecule has 2 heterocycles. The maximum absolute atomic E-state index is 15.1. The van der Waals surface area contributed by atoms with Gasteiger partial charge in [0.15, 0.2) is 0 Å². The molecule has 2 aromatic heterocycles. The van der Waals surface area contributed by atoms with Gasteiger partial charge in [-0.15, -0.1) is 0 Å². The molecule has 0 fully saturated rings. The van der Waals surface area contributed by atoms with Crippen LogP contribution in [0.5, 0.6) is 0 Å². The van der Waals surface area contributed by atoms with Crippen LogP contribution in [0, 0.1) is 6.92 Å². The molecule has 4 aromatic rings. The summed E-state index contributed by atoms with van der Waals surface area (Å²) in [4.78, 5) is 24.4. The van der Waals surface area contributed by atoms with Crippen molar-refractivity contribution in [2.24, 2.45) is 0 Å². The Bertz CT molecular complexity index is 1440. The predicted octanol–water partition coefficient (Wildman–Crippen LogP) is 6.05. The largest absolute Gasteiger partial charge is 0.284 e. The SMILES string of the molecule is CCc1ccc(-n2cc(C(F)CC(F)(F)c3ccc(-n4cc(C)ccc4=O)cc3)ccc2=O)cc1. The first-order valence-corrected chi connectivity index (χ1v) is 11.3. The average molecular weight is 479 g/mol. The molecule has 0 spiro atoms. The highest BCUT2D eigenvalue weighted by Gasteiger charge is 2.35. The first kappa shape index (κ1) is 24.3. The molecule has 4 nitrogen and oxygen atoms in total. The lowest BCUT2D eigenvalue weighted by atomic mass is 9.99. The van der Waals surface area contributed by atoms with Crippen LogP contribution < -0.4 is 11.1 Å². The normalized spacial score (nSPS) is 12.5. The molecule has 4 rings (SSSR count). The lowest BCUT2D eigenvalue weighted by Gasteiger charge is -2.20. The molecule has 0 saturated carbocycles. The van der Waals surface area contributed by atoms with E-state index in [1.807, 2.05) is 26.0 Å². The Hall–Kier alpha value is -3.87. The lowest BCUT2D eigenvalue weighted by Crippen LogP contribution is -2.20. The molecule has 1 unspecified atom stereocenters. The Kier molecular flexibility index (Phi) is 6.78. The second-order valence-electron chi connectivity index (χ2n) is 8.53. The number of aryl methyl sites for hydroxylation is 2. The minimum absolute atomic E-state index is 0.00761. The van der Waals surface area contributed by atoms with E-state index in [1.165, 1.54) is 57.8 Å². The molecule has 35 heavy (non-hydrogen) atoms. The summed E-state index contributed by atoms with van der Waals surface area (Å²) in [5.41, 5.74) is 1.89. The fourth-order valence-corrected chi connectivity index (χ4v) is 3.90. The van der Waals surface area contributed by atoms with E-state index in [1.54, 1.807) is 24.4 Å². The summed E-state index contributed by atoms with van der Waals surface area (Å²) in [5, 5.41) is 0. The van der Waals surface area contributed by atoms with Crippen molar-refractivity contribution in [2.45, 2.75) is 38.8 Å². The smallest absolute Gasteiger partial charge is 0.276 e. The second-order valence-corrected chi connectivity index (χ2v) is 8.53. The van der Waals surface area contributed by atoms with Crippen LogP contribution in [0.4, 0.5) is 13.2 Å². The Labute approximate surface area is 200 Å². The molecule has 0 N–H and O–H groups in total. The van der Waals surface area contributed by atoms with Gasteiger partial charge in [-0.2, -0.15) is 0 Å². The highest BCUT2D eigenvalue weighted by molar-refractivity contribution is 5.38. The number of hydrogen-bond donors (Lipinski definition) is 0. The Morgan fingerprint density at radius 3 is 1.91 bits per heavy atom. The van der Waals surface area contributed by atoms with Gasteiger partial charge in [-0.25, -0.2) is 13.2 Å². The summed E-state index contributed by atoms with van der Waals surface area (Å²) in [6, 6.07) is 18.0. The zero-order valence-electron chi connectivity index (χ0n) is 19.4. The van der Waals surface area contributed by atoms with Crippen LogP contribution in [0.3, 0.4) is 0 Å². The van der Waals surface area contributed by atoms with Gasteiger partial charge in [0, 0.05) is 47.0 Å². The summed E-state index contributed by atoms with van der Waals surface area (Å²) in [6.07, 6.45) is 0.657. The quantitative estimate of drug-likeness (QED) is 0.325. The van der Waals surface area contributed by atoms with Crippen molar-refractivity contribution < 1.29 is 13.2 Å². The number of aromatic nitrogens is 2. The minimum atomic E-state index is -3.46. The van der Waals surface area contributed by atoms with Crippen molar-refractivity contribution in [3.63, 3.8) is 0 Å². The number of hydrogen-bond acceptors (Lipinski definition) is 2. The van der Waals surface area contributed by atoms with Crippen molar-refractivity contribution in [3.05, 3.63) is 128 Å². The number of halogens is 3. The molecule has 2 aromatic carbocycles. The fourth-order valence-electron chi connectivity index (χ4n) is 3.90. The van der Waals surface area contributed by atoms with Crippen LogP contribution in [-0.2, 0) is 12.3 Å². The van der Waals surface area contributed by atoms with Crippen molar-refractivity contribution in [2.75, 3.05) is 0 Å². The van der Waals surface area contributed by atoms with Crippen molar-refractivity contribution in [1.82, 2.24) is 9.13 Å². The molecule has 1 atom stereocenters. The van der Waals surface area contributed by atoms with Crippen LogP contribution >= 0.6 is 0 Å². The van der Waals surface area contributed by atoms with E-state index in [4.69, 9.17) is 0 Å². The van der Waals surface area contributed by atoms with Crippen molar-refractivity contribution in [3.8, 4) is 11.4 Å². The van der Waals surface area contributed by atoms with Gasteiger partial charge in [0.25, 0.3) is 17.0 Å². The molecule has 0 amide bonds. The third-order valence-corrected chi connectivity index (χ3v) is 5.98. The molecule has 0 aliphatic heterocycles. The summed E-state index contributed by atoms with van der Waals surface area (Å²) in [6.45, 7) is 3.83. The fraction of sp³-hybridized carbons (Fsp3) is 0.214. The lowest BCUT2D eigenvalue weighted by molar-refractivity contribution is -0.0347. The van der Waals surface area contributed by atoms with Gasteiger partial charge < -0.3 is 0 Å². The third-order valence-electron chi connectivity index (χ3n) is 5.98. The zero-order valence-corrected chi connectivity index (χ0v) is 19.4. The van der Waals surface area contributed by atoms with Crippen LogP contribution in [0.15, 0.2) is 94.8 Å². The Morgan fingerprint density at radius 2 is 1.31 bits per heavy atom. The van der Waals surface area contributed by atoms with E-state index in [0.717, 1.165) is 17.5 Å². The number of rotatable bonds is 7. The molecule has 7 heteroatoms. The van der Waals surface area contributed by atoms with E-state index >= 15 is 4.39 Å². The van der Waals surface area contributed by atoms with E-state index < -0.39 is 18.5 Å². The van der Waals surface area contributed by atoms with E-state index in [9.17, 15) is 18.4 Å². The van der Waals surface area contributed by atoms with Crippen LogP contribution in [0.2, 0.25) is 0 Å². The van der Waals surface area contributed by atoms with Crippen LogP contribution in [-0.4, -0.2) is 9.13 Å². The maximum atomic E-state index is 15.1. The standard InChI is InChI=1S/C28H25F3N2O2/c1-3-20-5-10-23(11-6-20)33-18-21(7-15-27(33)35)25(29)16-28(30,31)22-8-12-24(13-9-22)32-17-19(2)4-14-26(32)34/h4-15,17-18,25H,3,16H2,1-2H3. The first-order chi connectivity index (χ1) is 16.7. The van der Waals surface area contributed by atoms with Gasteiger partial charge in [-0.1, -0.05) is 37.3 Å². The summed E-state index contributed by atoms with van der Waals surface area (Å²) in [5.74, 6) is -3.46. The molecule has 0 bridgehead atoms. The zero-order chi connectivity index (χ0) is 25.2. The molecule has 0 radical (unpaired) electrons. The summed E-state index contributed by atoms with van der Waals surface area (Å²) < 4.78 is 47.6. The van der Waals surface area contributed by atoms with Gasteiger partial charge in [0.05, 0.1) is 6.42 Å². The van der Waals surface area contributed by atoms with Gasteiger partial charge in [0.2, 0.25) is 0 Å². The van der Waals surface area contributed by atoms with Gasteiger partial charge in [0.1, 0.15) is 6.17 Å². The maximum Gasteiger partial charge on any atom is 0.276 e. The van der Waals surface area contributed by atoms with E-state index in [-0.39, 0.29) is 22.2 Å². The van der Waals surface area contributed by atoms with Gasteiger partial charge in [-0.3, -0.25) is 18.7 Å². The number of benzene rings is 2. The summed E-state index contributed by atoms with van der Waals surface area (Å²) in [7, 11) is 0. The molecular formula is C28H25F3N2O2. The van der Waals surface area contributed by atoms with Gasteiger partial charge in [-0.05, 0) is 54.8 Å². The molecule has 180 valence electrons. The number of pyridine rings is 2. The highest BCUT2D eigenvalue weighted by atomic mass is 19.3. The summed E-state index contributed by atoms with van der Waals surface area (Å²) >= 11 is 0. The van der Waals surface area contributed by atoms with Gasteiger partial charge >= 0.3 is 0 Å². The Morgan fingerprint density at radius 1 is 0.771 bits per heavy atom. The third kappa shape index (κ3) is 5.29. The average Bonchev–Trinajstić information content (AvgIpc) is 2.85. The predicted molar refractivity (Wildman–Crippen MR) is 131 cm³/mol. The van der Waals surface area contributed by atoms with Crippen LogP contribution in [0.1, 0.15) is 41.8 Å². The van der Waals surface area contributed by atoms with E-state index in [0.29, 0.717) is 11.4 Å². The minimum Gasteiger partial charge on any atom is -0.284 e. The molecule has 0 saturated heterocycles. The number of nitrogens with zero attached hydrogens (tertiary/aromatic N) is 2.